The fourth-order valence-electron chi connectivity index (χ4n) is 4.37. The molecule has 54 heavy (non-hydrogen) atoms. The molecule has 0 bridgehead atoms. The molecule has 0 spiro atoms. The summed E-state index contributed by atoms with van der Waals surface area (Å²) in [6.07, 6.45) is 16.0. The Balaban J connectivity index is 0.000000391. The molecule has 13 nitrogen and oxygen atoms in total. The number of carboxylic acids is 1. The molecule has 13 heteroatoms. The van der Waals surface area contributed by atoms with Crippen molar-refractivity contribution in [2.75, 3.05) is 87.2 Å². The maximum absolute atomic E-state index is 12.4. The molecule has 1 amide bonds. The Morgan fingerprint density at radius 1 is 0.759 bits per heavy atom. The van der Waals surface area contributed by atoms with E-state index in [0.717, 1.165) is 6.08 Å². The van der Waals surface area contributed by atoms with Gasteiger partial charge in [0.2, 0.25) is 17.4 Å². The summed E-state index contributed by atoms with van der Waals surface area (Å²) in [6.45, 7) is 2.40. The number of amides is 1. The van der Waals surface area contributed by atoms with Crippen molar-refractivity contribution < 1.29 is 43.1 Å². The molecule has 0 atom stereocenters. The van der Waals surface area contributed by atoms with Crippen LogP contribution in [0, 0.1) is 36.0 Å². The van der Waals surface area contributed by atoms with Crippen LogP contribution in [-0.4, -0.2) is 109 Å². The molecule has 0 radical (unpaired) electrons. The summed E-state index contributed by atoms with van der Waals surface area (Å²) in [7, 11) is 10.7. The number of nitrogens with one attached hydrogen (secondary N) is 1. The van der Waals surface area contributed by atoms with Crippen molar-refractivity contribution in [1.29, 1.82) is 5.26 Å². The molecule has 3 aromatic rings. The van der Waals surface area contributed by atoms with Gasteiger partial charge in [0.15, 0.2) is 23.0 Å². The van der Waals surface area contributed by atoms with Gasteiger partial charge in [-0.25, -0.2) is 4.79 Å². The first kappa shape index (κ1) is 43.6. The maximum Gasteiger partial charge on any atom is 0.328 e. The van der Waals surface area contributed by atoms with Crippen molar-refractivity contribution in [1.82, 2.24) is 9.80 Å². The summed E-state index contributed by atoms with van der Waals surface area (Å²) < 4.78 is 33.6. The van der Waals surface area contributed by atoms with Crippen molar-refractivity contribution in [3.05, 3.63) is 77.4 Å². The van der Waals surface area contributed by atoms with Crippen LogP contribution in [0.4, 0.5) is 5.69 Å². The van der Waals surface area contributed by atoms with E-state index in [1.807, 2.05) is 44.1 Å². The Morgan fingerprint density at radius 3 is 1.69 bits per heavy atom. The van der Waals surface area contributed by atoms with Crippen molar-refractivity contribution in [3.63, 3.8) is 0 Å². The number of likely N-dealkylation sites (N-methyl/N-ethyl adjacent to an activating group) is 2. The monoisotopic (exact) mass is 738 g/mol. The van der Waals surface area contributed by atoms with Crippen molar-refractivity contribution in [3.8, 4) is 65.3 Å². The van der Waals surface area contributed by atoms with Gasteiger partial charge in [-0.1, -0.05) is 17.9 Å². The highest BCUT2D eigenvalue weighted by Gasteiger charge is 2.18. The van der Waals surface area contributed by atoms with E-state index in [-0.39, 0.29) is 19.1 Å². The zero-order chi connectivity index (χ0) is 39.9. The van der Waals surface area contributed by atoms with E-state index in [2.05, 4.69) is 17.2 Å². The quantitative estimate of drug-likeness (QED) is 0.127. The van der Waals surface area contributed by atoms with Crippen LogP contribution in [0.15, 0.2) is 60.7 Å². The molecule has 2 N–H and O–H groups in total. The minimum atomic E-state index is -1.05. The highest BCUT2D eigenvalue weighted by Crippen LogP contribution is 2.42. The average molecular weight is 739 g/mol. The molecule has 0 fully saturated rings. The zero-order valence-corrected chi connectivity index (χ0v) is 31.4. The first-order valence-electron chi connectivity index (χ1n) is 16.5. The highest BCUT2D eigenvalue weighted by molar-refractivity contribution is 6.02. The van der Waals surface area contributed by atoms with E-state index < -0.39 is 5.97 Å². The summed E-state index contributed by atoms with van der Waals surface area (Å²) in [6, 6.07) is 15.5. The maximum atomic E-state index is 12.4. The first-order chi connectivity index (χ1) is 26.0. The fourth-order valence-corrected chi connectivity index (χ4v) is 4.37. The molecule has 0 aromatic heterocycles. The van der Waals surface area contributed by atoms with Gasteiger partial charge in [-0.15, -0.1) is 12.8 Å². The number of methoxy groups -OCH3 is 2. The van der Waals surface area contributed by atoms with E-state index in [4.69, 9.17) is 51.6 Å². The van der Waals surface area contributed by atoms with Gasteiger partial charge >= 0.3 is 5.97 Å². The van der Waals surface area contributed by atoms with Gasteiger partial charge in [0, 0.05) is 42.1 Å². The Kier molecular flexibility index (Phi) is 19.2. The smallest absolute Gasteiger partial charge is 0.328 e. The van der Waals surface area contributed by atoms with Gasteiger partial charge in [0.25, 0.3) is 0 Å². The molecule has 0 aliphatic rings. The number of carbonyl (C=O) groups excluding carboxylic acids is 1. The van der Waals surface area contributed by atoms with Gasteiger partial charge in [0.1, 0.15) is 26.4 Å². The van der Waals surface area contributed by atoms with Crippen LogP contribution in [0.2, 0.25) is 0 Å². The van der Waals surface area contributed by atoms with Gasteiger partial charge in [-0.2, -0.15) is 5.26 Å². The summed E-state index contributed by atoms with van der Waals surface area (Å²) in [5, 5.41) is 20.5. The first-order valence-corrected chi connectivity index (χ1v) is 16.5. The molecule has 284 valence electrons. The summed E-state index contributed by atoms with van der Waals surface area (Å²) >= 11 is 0. The molecule has 0 unspecified atom stereocenters. The molecule has 3 rings (SSSR count). The number of carbonyl (C=O) groups is 2. The van der Waals surface area contributed by atoms with Crippen LogP contribution in [0.3, 0.4) is 0 Å². The Bertz CT molecular complexity index is 1880. The summed E-state index contributed by atoms with van der Waals surface area (Å²) in [5.74, 6) is 5.96. The zero-order valence-electron chi connectivity index (χ0n) is 31.4. The van der Waals surface area contributed by atoms with Crippen LogP contribution in [-0.2, 0) is 9.59 Å². The number of hydrogen-bond acceptors (Lipinski definition) is 11. The SMILES string of the molecule is C#CCOc1ccc(/C=C/C(=O)Nc2cccc(C#N)c2)c(OCCN(C)C)c1OC.C#CCOc1ccc(/C=C/C(=O)O)c(OCCN(C)C)c1OC. The number of aliphatic carboxylic acids is 1. The van der Waals surface area contributed by atoms with Crippen LogP contribution >= 0.6 is 0 Å². The number of nitriles is 1. The second-order valence-corrected chi connectivity index (χ2v) is 11.5. The number of terminal acetylenes is 2. The van der Waals surface area contributed by atoms with Crippen LogP contribution in [0.25, 0.3) is 12.2 Å². The number of hydrogen-bond donors (Lipinski definition) is 2. The van der Waals surface area contributed by atoms with Crippen molar-refractivity contribution in [2.24, 2.45) is 0 Å². The van der Waals surface area contributed by atoms with Crippen LogP contribution < -0.4 is 33.7 Å². The standard InChI is InChI=1S/C24H25N3O4.C17H21NO5/c1-5-14-30-21-11-9-19(23(24(21)29-4)31-15-13-27(2)3)10-12-22(28)26-20-8-6-7-18(16-20)17-25;1-5-11-22-14-8-6-13(7-9-15(19)20)16(17(14)21-4)23-12-10-18(2)3/h1,6-12,16H,13-15H2,2-4H3,(H,26,28);1,6-9H,10-12H2,2-4H3,(H,19,20)/b12-10+;9-7+. The van der Waals surface area contributed by atoms with Crippen LogP contribution in [0.5, 0.6) is 34.5 Å². The molecular formula is C41H46N4O9. The predicted molar refractivity (Wildman–Crippen MR) is 208 cm³/mol. The number of anilines is 1. The van der Waals surface area contributed by atoms with E-state index in [9.17, 15) is 9.59 Å². The number of nitrogens with zero attached hydrogens (tertiary/aromatic N) is 3. The Morgan fingerprint density at radius 2 is 1.26 bits per heavy atom. The normalized spacial score (nSPS) is 10.5. The van der Waals surface area contributed by atoms with Crippen LogP contribution in [0.1, 0.15) is 16.7 Å². The van der Waals surface area contributed by atoms with E-state index >= 15 is 0 Å². The van der Waals surface area contributed by atoms with Gasteiger partial charge in [-0.05, 0) is 82.8 Å². The highest BCUT2D eigenvalue weighted by atomic mass is 16.5. The second-order valence-electron chi connectivity index (χ2n) is 11.5. The summed E-state index contributed by atoms with van der Waals surface area (Å²) in [4.78, 5) is 27.1. The number of rotatable bonds is 19. The number of carboxylic acid groups (broad SMARTS) is 1. The largest absolute Gasteiger partial charge is 0.490 e. The van der Waals surface area contributed by atoms with Crippen molar-refractivity contribution >= 4 is 29.7 Å². The average Bonchev–Trinajstić information content (AvgIpc) is 3.15. The molecule has 0 saturated carbocycles. The van der Waals surface area contributed by atoms with Gasteiger partial charge in [-0.3, -0.25) is 4.79 Å². The number of ether oxygens (including phenoxy) is 6. The molecule has 0 heterocycles. The lowest BCUT2D eigenvalue weighted by molar-refractivity contribution is -0.131. The summed E-state index contributed by atoms with van der Waals surface area (Å²) in [5.41, 5.74) is 2.22. The number of benzene rings is 3. The third-order valence-electron chi connectivity index (χ3n) is 6.89. The molecule has 0 saturated heterocycles. The van der Waals surface area contributed by atoms with Crippen molar-refractivity contribution in [2.45, 2.75) is 0 Å². The fraction of sp³-hybridized carbons (Fsp3) is 0.293. The minimum Gasteiger partial charge on any atom is -0.490 e. The minimum absolute atomic E-state index is 0.0901. The third-order valence-corrected chi connectivity index (χ3v) is 6.89. The lowest BCUT2D eigenvalue weighted by Gasteiger charge is -2.18. The topological polar surface area (TPSA) is 152 Å². The predicted octanol–water partition coefficient (Wildman–Crippen LogP) is 4.92. The Labute approximate surface area is 317 Å². The molecule has 0 aliphatic carbocycles. The lowest BCUT2D eigenvalue weighted by Crippen LogP contribution is -2.20. The molecule has 3 aromatic carbocycles. The second kappa shape index (κ2) is 23.8. The Hall–Kier alpha value is -6.59. The molecule has 0 aliphatic heterocycles. The van der Waals surface area contributed by atoms with E-state index in [1.54, 1.807) is 54.6 Å². The third kappa shape index (κ3) is 14.9. The van der Waals surface area contributed by atoms with E-state index in [1.165, 1.54) is 26.4 Å². The van der Waals surface area contributed by atoms with Gasteiger partial charge in [0.05, 0.1) is 25.9 Å². The molecular weight excluding hydrogens is 692 g/mol. The van der Waals surface area contributed by atoms with E-state index in [0.29, 0.717) is 83.2 Å². The lowest BCUT2D eigenvalue weighted by atomic mass is 10.1. The van der Waals surface area contributed by atoms with Gasteiger partial charge < -0.3 is 48.6 Å².